The SMILES string of the molecule is C=C(C)C(=O)OC(F)(F)C(F)(F)C(F)(F)C(F)(F)C(F)(F)C(F)(F)C(F)(F)C(F)(F)C(F)(F)C(F)(F)C(F)(F)C(F)(F)F. The predicted octanol–water partition coefficient (Wildman–Crippen LogP) is 8.61. The second-order valence-electron chi connectivity index (χ2n) is 7.93. The molecule has 0 rings (SSSR count). The fraction of sp³-hybridized carbons (Fsp3) is 0.812. The molecule has 0 radical (unpaired) electrons. The molecule has 43 heavy (non-hydrogen) atoms. The largest absolute Gasteiger partial charge is 0.473 e. The molecule has 0 aromatic carbocycles. The van der Waals surface area contributed by atoms with Crippen LogP contribution in [0.2, 0.25) is 0 Å². The van der Waals surface area contributed by atoms with Gasteiger partial charge >= 0.3 is 77.5 Å². The summed E-state index contributed by atoms with van der Waals surface area (Å²) in [5.41, 5.74) is -1.52. The second-order valence-corrected chi connectivity index (χ2v) is 7.93. The van der Waals surface area contributed by atoms with Crippen molar-refractivity contribution in [1.29, 1.82) is 0 Å². The average Bonchev–Trinajstić information content (AvgIpc) is 2.76. The van der Waals surface area contributed by atoms with Crippen LogP contribution >= 0.6 is 0 Å². The molecular formula is C16H5F25O2. The summed E-state index contributed by atoms with van der Waals surface area (Å²) in [4.78, 5) is 10.8. The van der Waals surface area contributed by atoms with E-state index in [2.05, 4.69) is 11.3 Å². The fourth-order valence-electron chi connectivity index (χ4n) is 2.21. The van der Waals surface area contributed by atoms with Crippen LogP contribution in [-0.2, 0) is 9.53 Å². The minimum absolute atomic E-state index is 0.212. The molecular weight excluding hydrogens is 699 g/mol. The Hall–Kier alpha value is -2.54. The van der Waals surface area contributed by atoms with Crippen LogP contribution in [0.4, 0.5) is 110 Å². The van der Waals surface area contributed by atoms with Crippen LogP contribution in [-0.4, -0.2) is 77.5 Å². The second kappa shape index (κ2) is 9.98. The molecule has 0 aliphatic rings. The Morgan fingerprint density at radius 2 is 0.581 bits per heavy atom. The summed E-state index contributed by atoms with van der Waals surface area (Å²) >= 11 is 0. The number of hydrogen-bond acceptors (Lipinski definition) is 2. The maximum absolute atomic E-state index is 13.7. The number of rotatable bonds is 12. The zero-order valence-electron chi connectivity index (χ0n) is 19.0. The van der Waals surface area contributed by atoms with Crippen LogP contribution in [0.25, 0.3) is 0 Å². The number of alkyl halides is 25. The Labute approximate surface area is 217 Å². The van der Waals surface area contributed by atoms with Gasteiger partial charge in [-0.05, 0) is 6.92 Å². The Balaban J connectivity index is 7.33. The highest BCUT2D eigenvalue weighted by molar-refractivity contribution is 5.87. The van der Waals surface area contributed by atoms with Gasteiger partial charge in [-0.1, -0.05) is 6.58 Å². The van der Waals surface area contributed by atoms with Crippen LogP contribution in [0.15, 0.2) is 12.2 Å². The van der Waals surface area contributed by atoms with Crippen molar-refractivity contribution in [3.8, 4) is 0 Å². The first-order valence-corrected chi connectivity index (χ1v) is 9.19. The molecule has 0 heterocycles. The molecule has 0 aliphatic heterocycles. The van der Waals surface area contributed by atoms with Crippen molar-refractivity contribution in [1.82, 2.24) is 0 Å². The molecule has 0 aromatic heterocycles. The van der Waals surface area contributed by atoms with Crippen molar-refractivity contribution in [2.24, 2.45) is 0 Å². The average molecular weight is 704 g/mol. The van der Waals surface area contributed by atoms with E-state index in [-0.39, 0.29) is 6.92 Å². The molecule has 0 aromatic rings. The zero-order chi connectivity index (χ0) is 35.9. The molecule has 0 aliphatic carbocycles. The van der Waals surface area contributed by atoms with E-state index in [1.54, 1.807) is 0 Å². The summed E-state index contributed by atoms with van der Waals surface area (Å²) in [6.07, 6.45) is -15.8. The molecule has 256 valence electrons. The number of carbonyl (C=O) groups is 1. The smallest absolute Gasteiger partial charge is 0.393 e. The van der Waals surface area contributed by atoms with Gasteiger partial charge in [0.05, 0.1) is 0 Å². The van der Waals surface area contributed by atoms with Gasteiger partial charge in [-0.3, -0.25) is 0 Å². The molecule has 0 N–H and O–H groups in total. The molecule has 2 nitrogen and oxygen atoms in total. The van der Waals surface area contributed by atoms with E-state index in [4.69, 9.17) is 0 Å². The van der Waals surface area contributed by atoms with Crippen molar-refractivity contribution in [3.63, 3.8) is 0 Å². The Morgan fingerprint density at radius 1 is 0.395 bits per heavy atom. The maximum Gasteiger partial charge on any atom is 0.473 e. The van der Waals surface area contributed by atoms with E-state index in [1.807, 2.05) is 0 Å². The van der Waals surface area contributed by atoms with Gasteiger partial charge in [-0.2, -0.15) is 110 Å². The van der Waals surface area contributed by atoms with Crippen LogP contribution in [0.3, 0.4) is 0 Å². The lowest BCUT2D eigenvalue weighted by Crippen LogP contribution is -2.78. The molecule has 27 heteroatoms. The van der Waals surface area contributed by atoms with Crippen LogP contribution in [0, 0.1) is 0 Å². The van der Waals surface area contributed by atoms with Crippen molar-refractivity contribution in [2.45, 2.75) is 78.4 Å². The zero-order valence-corrected chi connectivity index (χ0v) is 19.0. The van der Waals surface area contributed by atoms with Gasteiger partial charge < -0.3 is 4.74 Å². The normalized spacial score (nSPS) is 16.3. The minimum Gasteiger partial charge on any atom is -0.393 e. The number of ether oxygens (including phenoxy) is 1. The van der Waals surface area contributed by atoms with Crippen molar-refractivity contribution >= 4 is 5.97 Å². The number of esters is 1. The molecule has 0 spiro atoms. The van der Waals surface area contributed by atoms with E-state index >= 15 is 0 Å². The van der Waals surface area contributed by atoms with Crippen LogP contribution in [0.1, 0.15) is 6.92 Å². The minimum atomic E-state index is -9.66. The Morgan fingerprint density at radius 3 is 0.767 bits per heavy atom. The third-order valence-electron chi connectivity index (χ3n) is 4.84. The van der Waals surface area contributed by atoms with Gasteiger partial charge in [-0.15, -0.1) is 0 Å². The lowest BCUT2D eigenvalue weighted by molar-refractivity contribution is -0.487. The van der Waals surface area contributed by atoms with Gasteiger partial charge in [0.15, 0.2) is 0 Å². The van der Waals surface area contributed by atoms with E-state index in [9.17, 15) is 115 Å². The van der Waals surface area contributed by atoms with Crippen molar-refractivity contribution < 1.29 is 119 Å². The number of hydrogen-bond donors (Lipinski definition) is 0. The van der Waals surface area contributed by atoms with Gasteiger partial charge in [0.25, 0.3) is 0 Å². The van der Waals surface area contributed by atoms with Crippen molar-refractivity contribution in [2.75, 3.05) is 0 Å². The highest BCUT2D eigenvalue weighted by Crippen LogP contribution is 2.67. The van der Waals surface area contributed by atoms with Gasteiger partial charge in [0.2, 0.25) is 0 Å². The first-order valence-electron chi connectivity index (χ1n) is 9.19. The summed E-state index contributed by atoms with van der Waals surface area (Å²) < 4.78 is 333. The maximum atomic E-state index is 13.7. The van der Waals surface area contributed by atoms with E-state index in [1.165, 1.54) is 0 Å². The van der Waals surface area contributed by atoms with Gasteiger partial charge in [0.1, 0.15) is 0 Å². The first kappa shape index (κ1) is 40.5. The number of halogens is 25. The van der Waals surface area contributed by atoms with Gasteiger partial charge in [0, 0.05) is 5.57 Å². The predicted molar refractivity (Wildman–Crippen MR) is 81.4 cm³/mol. The van der Waals surface area contributed by atoms with Crippen molar-refractivity contribution in [3.05, 3.63) is 12.2 Å². The van der Waals surface area contributed by atoms with Crippen LogP contribution in [0.5, 0.6) is 0 Å². The molecule has 0 saturated carbocycles. The summed E-state index contributed by atoms with van der Waals surface area (Å²) in [5, 5.41) is 0. The van der Waals surface area contributed by atoms with Gasteiger partial charge in [-0.25, -0.2) is 4.79 Å². The number of carbonyl (C=O) groups excluding carboxylic acids is 1. The lowest BCUT2D eigenvalue weighted by atomic mass is 9.85. The quantitative estimate of drug-likeness (QED) is 0.116. The highest BCUT2D eigenvalue weighted by Gasteiger charge is 2.99. The molecule has 0 bridgehead atoms. The third kappa shape index (κ3) is 4.98. The molecule has 0 atom stereocenters. The molecule has 0 amide bonds. The highest BCUT2D eigenvalue weighted by atomic mass is 19.4. The molecule has 0 saturated heterocycles. The van der Waals surface area contributed by atoms with E-state index < -0.39 is 83.1 Å². The lowest BCUT2D eigenvalue weighted by Gasteiger charge is -2.45. The topological polar surface area (TPSA) is 26.3 Å². The van der Waals surface area contributed by atoms with Crippen LogP contribution < -0.4 is 0 Å². The Kier molecular flexibility index (Phi) is 9.39. The Bertz CT molecular complexity index is 1080. The first-order chi connectivity index (χ1) is 18.1. The molecule has 0 fully saturated rings. The monoisotopic (exact) mass is 704 g/mol. The standard InChI is InChI=1S/C16H5F25O2/c1-3(2)4(42)43-16(40,41)14(35,36)12(31,32)10(27,28)8(23,24)6(19,20)5(17,18)7(21,22)9(25,26)11(29,30)13(33,34)15(37,38)39/h1H2,2H3. The third-order valence-corrected chi connectivity index (χ3v) is 4.84. The summed E-state index contributed by atoms with van der Waals surface area (Å²) in [6, 6.07) is 0. The summed E-state index contributed by atoms with van der Waals surface area (Å²) in [5.74, 6) is -95.7. The summed E-state index contributed by atoms with van der Waals surface area (Å²) in [7, 11) is 0. The van der Waals surface area contributed by atoms with E-state index in [0.29, 0.717) is 0 Å². The molecule has 0 unspecified atom stereocenters. The fourth-order valence-corrected chi connectivity index (χ4v) is 2.21. The summed E-state index contributed by atoms with van der Waals surface area (Å²) in [6.45, 7) is 2.55. The van der Waals surface area contributed by atoms with E-state index in [0.717, 1.165) is 0 Å².